The molecule has 2 aromatic rings. The Balaban J connectivity index is 1.75. The van der Waals surface area contributed by atoms with Crippen molar-refractivity contribution in [3.63, 3.8) is 0 Å². The van der Waals surface area contributed by atoms with Gasteiger partial charge in [0.05, 0.1) is 6.04 Å². The average molecular weight is 361 g/mol. The fourth-order valence-electron chi connectivity index (χ4n) is 3.79. The van der Waals surface area contributed by atoms with Crippen molar-refractivity contribution in [3.05, 3.63) is 87.6 Å². The lowest BCUT2D eigenvalue weighted by Crippen LogP contribution is -2.45. The Hall–Kier alpha value is -2.39. The normalized spacial score (nSPS) is 21.2. The molecule has 132 valence electrons. The van der Waals surface area contributed by atoms with Gasteiger partial charge in [-0.2, -0.15) is 0 Å². The lowest BCUT2D eigenvalue weighted by atomic mass is 9.83. The lowest BCUT2D eigenvalue weighted by Gasteiger charge is -2.36. The fourth-order valence-corrected chi connectivity index (χ4v) is 4.01. The van der Waals surface area contributed by atoms with Crippen molar-refractivity contribution >= 4 is 23.4 Å². The highest BCUT2D eigenvalue weighted by atomic mass is 32.1. The Kier molecular flexibility index (Phi) is 4.64. The quantitative estimate of drug-likeness (QED) is 0.707. The zero-order valence-electron chi connectivity index (χ0n) is 15.3. The molecule has 1 aliphatic carbocycles. The van der Waals surface area contributed by atoms with E-state index in [1.807, 2.05) is 0 Å². The van der Waals surface area contributed by atoms with Crippen LogP contribution in [0.4, 0.5) is 0 Å². The Labute approximate surface area is 161 Å². The largest absolute Gasteiger partial charge is 0.352 e. The molecule has 0 saturated carbocycles. The predicted molar refractivity (Wildman–Crippen MR) is 113 cm³/mol. The van der Waals surface area contributed by atoms with Crippen molar-refractivity contribution < 1.29 is 0 Å². The summed E-state index contributed by atoms with van der Waals surface area (Å²) in [4.78, 5) is 0. The highest BCUT2D eigenvalue weighted by Gasteiger charge is 2.30. The molecule has 0 amide bonds. The second-order valence-electron chi connectivity index (χ2n) is 7.28. The van der Waals surface area contributed by atoms with Crippen molar-refractivity contribution in [3.8, 4) is 0 Å². The number of nitrogens with one attached hydrogen (secondary N) is 2. The summed E-state index contributed by atoms with van der Waals surface area (Å²) in [6.07, 6.45) is 5.67. The standard InChI is InChI=1S/C23H24N2S/c1-15-6-10-17(11-7-15)14-19-4-3-5-20-21(24-23(26)25-22(19)20)18-12-8-16(2)9-13-18/h6-14,21H,3-5H2,1-2H3,(H2,24,25,26)/b19-14+. The zero-order valence-corrected chi connectivity index (χ0v) is 16.1. The van der Waals surface area contributed by atoms with Crippen LogP contribution in [0.1, 0.15) is 47.6 Å². The third kappa shape index (κ3) is 3.45. The van der Waals surface area contributed by atoms with Crippen LogP contribution in [0.5, 0.6) is 0 Å². The molecule has 1 atom stereocenters. The summed E-state index contributed by atoms with van der Waals surface area (Å²) in [6.45, 7) is 4.25. The van der Waals surface area contributed by atoms with Gasteiger partial charge in [0.15, 0.2) is 5.11 Å². The SMILES string of the molecule is Cc1ccc(/C=C2\CCCC3=C2NC(=S)NC3c2ccc(C)cc2)cc1. The number of hydrogen-bond acceptors (Lipinski definition) is 1. The van der Waals surface area contributed by atoms with Gasteiger partial charge in [0.2, 0.25) is 0 Å². The minimum absolute atomic E-state index is 0.168. The van der Waals surface area contributed by atoms with Gasteiger partial charge in [0.1, 0.15) is 0 Å². The van der Waals surface area contributed by atoms with Gasteiger partial charge in [-0.1, -0.05) is 59.7 Å². The molecular formula is C23H24N2S. The van der Waals surface area contributed by atoms with Gasteiger partial charge in [-0.3, -0.25) is 0 Å². The van der Waals surface area contributed by atoms with E-state index in [0.717, 1.165) is 12.8 Å². The monoisotopic (exact) mass is 360 g/mol. The molecule has 0 fully saturated rings. The van der Waals surface area contributed by atoms with Crippen LogP contribution in [0.3, 0.4) is 0 Å². The number of aryl methyl sites for hydroxylation is 2. The van der Waals surface area contributed by atoms with E-state index in [0.29, 0.717) is 5.11 Å². The van der Waals surface area contributed by atoms with Gasteiger partial charge < -0.3 is 10.6 Å². The molecule has 0 saturated heterocycles. The third-order valence-corrected chi connectivity index (χ3v) is 5.45. The molecule has 3 heteroatoms. The molecule has 0 spiro atoms. The topological polar surface area (TPSA) is 24.1 Å². The van der Waals surface area contributed by atoms with Crippen molar-refractivity contribution in [1.29, 1.82) is 0 Å². The second-order valence-corrected chi connectivity index (χ2v) is 7.68. The molecule has 2 aromatic carbocycles. The molecule has 2 nitrogen and oxygen atoms in total. The van der Waals surface area contributed by atoms with E-state index in [1.165, 1.54) is 45.5 Å². The number of allylic oxidation sites excluding steroid dienone is 1. The van der Waals surface area contributed by atoms with E-state index in [9.17, 15) is 0 Å². The van der Waals surface area contributed by atoms with Crippen molar-refractivity contribution in [2.24, 2.45) is 0 Å². The first-order chi connectivity index (χ1) is 12.6. The smallest absolute Gasteiger partial charge is 0.171 e. The summed E-state index contributed by atoms with van der Waals surface area (Å²) >= 11 is 5.53. The van der Waals surface area contributed by atoms with E-state index >= 15 is 0 Å². The highest BCUT2D eigenvalue weighted by molar-refractivity contribution is 7.80. The van der Waals surface area contributed by atoms with Crippen LogP contribution in [0.25, 0.3) is 6.08 Å². The van der Waals surface area contributed by atoms with Crippen LogP contribution < -0.4 is 10.6 Å². The fraction of sp³-hybridized carbons (Fsp3) is 0.261. The molecule has 4 rings (SSSR count). The van der Waals surface area contributed by atoms with E-state index in [-0.39, 0.29) is 6.04 Å². The summed E-state index contributed by atoms with van der Waals surface area (Å²) in [6, 6.07) is 17.7. The third-order valence-electron chi connectivity index (χ3n) is 5.23. The van der Waals surface area contributed by atoms with Crippen LogP contribution in [0.2, 0.25) is 0 Å². The molecule has 0 aromatic heterocycles. The molecule has 0 bridgehead atoms. The maximum Gasteiger partial charge on any atom is 0.171 e. The summed E-state index contributed by atoms with van der Waals surface area (Å²) < 4.78 is 0. The van der Waals surface area contributed by atoms with Crippen molar-refractivity contribution in [1.82, 2.24) is 10.6 Å². The number of thiocarbonyl (C=S) groups is 1. The van der Waals surface area contributed by atoms with E-state index in [2.05, 4.69) is 79.1 Å². The van der Waals surface area contributed by atoms with Crippen LogP contribution in [0, 0.1) is 13.8 Å². The van der Waals surface area contributed by atoms with Crippen molar-refractivity contribution in [2.75, 3.05) is 0 Å². The van der Waals surface area contributed by atoms with Crippen LogP contribution in [-0.2, 0) is 0 Å². The van der Waals surface area contributed by atoms with E-state index in [4.69, 9.17) is 12.2 Å². The molecule has 2 aliphatic rings. The van der Waals surface area contributed by atoms with Crippen LogP contribution in [0.15, 0.2) is 65.4 Å². The summed E-state index contributed by atoms with van der Waals surface area (Å²) in [7, 11) is 0. The Morgan fingerprint density at radius 1 is 0.923 bits per heavy atom. The molecule has 1 heterocycles. The predicted octanol–water partition coefficient (Wildman–Crippen LogP) is 5.34. The highest BCUT2D eigenvalue weighted by Crippen LogP contribution is 2.38. The van der Waals surface area contributed by atoms with Crippen LogP contribution >= 0.6 is 12.2 Å². The van der Waals surface area contributed by atoms with Gasteiger partial charge in [-0.15, -0.1) is 0 Å². The Morgan fingerprint density at radius 3 is 2.27 bits per heavy atom. The number of rotatable bonds is 2. The van der Waals surface area contributed by atoms with Gasteiger partial charge in [-0.05, 0) is 73.7 Å². The maximum absolute atomic E-state index is 5.53. The average Bonchev–Trinajstić information content (AvgIpc) is 2.64. The first kappa shape index (κ1) is 17.0. The van der Waals surface area contributed by atoms with Crippen molar-refractivity contribution in [2.45, 2.75) is 39.2 Å². The molecule has 26 heavy (non-hydrogen) atoms. The zero-order chi connectivity index (χ0) is 18.1. The molecule has 1 unspecified atom stereocenters. The number of benzene rings is 2. The van der Waals surface area contributed by atoms with Gasteiger partial charge in [-0.25, -0.2) is 0 Å². The van der Waals surface area contributed by atoms with Gasteiger partial charge in [0.25, 0.3) is 0 Å². The molecular weight excluding hydrogens is 336 g/mol. The van der Waals surface area contributed by atoms with E-state index < -0.39 is 0 Å². The lowest BCUT2D eigenvalue weighted by molar-refractivity contribution is 0.609. The van der Waals surface area contributed by atoms with E-state index in [1.54, 1.807) is 0 Å². The molecule has 0 radical (unpaired) electrons. The maximum atomic E-state index is 5.53. The molecule has 2 N–H and O–H groups in total. The minimum Gasteiger partial charge on any atom is -0.352 e. The van der Waals surface area contributed by atoms with Gasteiger partial charge in [0, 0.05) is 5.70 Å². The first-order valence-corrected chi connectivity index (χ1v) is 9.66. The van der Waals surface area contributed by atoms with Crippen LogP contribution in [-0.4, -0.2) is 5.11 Å². The Morgan fingerprint density at radius 2 is 1.58 bits per heavy atom. The van der Waals surface area contributed by atoms with Gasteiger partial charge >= 0.3 is 0 Å². The summed E-state index contributed by atoms with van der Waals surface area (Å²) in [5, 5.41) is 7.64. The second kappa shape index (κ2) is 7.08. The number of hydrogen-bond donors (Lipinski definition) is 2. The minimum atomic E-state index is 0.168. The molecule has 1 aliphatic heterocycles. The summed E-state index contributed by atoms with van der Waals surface area (Å²) in [5.41, 5.74) is 9.11. The Bertz CT molecular complexity index is 889. The summed E-state index contributed by atoms with van der Waals surface area (Å²) in [5.74, 6) is 0. The first-order valence-electron chi connectivity index (χ1n) is 9.25.